The number of aliphatic hydroxyl groups is 1. The Morgan fingerprint density at radius 3 is 2.62 bits per heavy atom. The van der Waals surface area contributed by atoms with Gasteiger partial charge in [-0.15, -0.1) is 11.3 Å². The Hall–Kier alpha value is 0.140. The molecule has 1 aromatic rings. The third-order valence-corrected chi connectivity index (χ3v) is 5.38. The Kier molecular flexibility index (Phi) is 2.51. The van der Waals surface area contributed by atoms with Gasteiger partial charge in [0.15, 0.2) is 0 Å². The summed E-state index contributed by atoms with van der Waals surface area (Å²) < 4.78 is 1.19. The first-order valence-corrected chi connectivity index (χ1v) is 6.16. The molecule has 72 valence electrons. The van der Waals surface area contributed by atoms with Crippen LogP contribution in [0.3, 0.4) is 0 Å². The molecule has 0 aromatic carbocycles. The molecule has 0 bridgehead atoms. The van der Waals surface area contributed by atoms with Gasteiger partial charge in [-0.05, 0) is 41.8 Å². The molecule has 1 heterocycles. The summed E-state index contributed by atoms with van der Waals surface area (Å²) in [6, 6.07) is 2.18. The number of rotatable bonds is 2. The van der Waals surface area contributed by atoms with Crippen LogP contribution in [-0.4, -0.2) is 11.7 Å². The average molecular weight is 261 g/mol. The normalized spacial score (nSPS) is 19.9. The van der Waals surface area contributed by atoms with Crippen LogP contribution in [0.2, 0.25) is 0 Å². The van der Waals surface area contributed by atoms with Crippen molar-refractivity contribution in [2.75, 3.05) is 6.61 Å². The zero-order valence-electron chi connectivity index (χ0n) is 7.64. The van der Waals surface area contributed by atoms with Crippen LogP contribution in [0.4, 0.5) is 0 Å². The second-order valence-corrected chi connectivity index (χ2v) is 5.92. The minimum absolute atomic E-state index is 0.113. The van der Waals surface area contributed by atoms with Crippen molar-refractivity contribution in [2.45, 2.75) is 31.6 Å². The quantitative estimate of drug-likeness (QED) is 0.866. The average Bonchev–Trinajstić information content (AvgIpc) is 2.31. The van der Waals surface area contributed by atoms with E-state index in [4.69, 9.17) is 0 Å². The zero-order valence-corrected chi connectivity index (χ0v) is 10.0. The lowest BCUT2D eigenvalue weighted by atomic mass is 9.68. The maximum absolute atomic E-state index is 9.38. The van der Waals surface area contributed by atoms with Gasteiger partial charge in [0.05, 0.1) is 6.61 Å². The third kappa shape index (κ3) is 1.47. The monoisotopic (exact) mass is 260 g/mol. The van der Waals surface area contributed by atoms with Gasteiger partial charge in [0, 0.05) is 19.6 Å². The number of hydrogen-bond acceptors (Lipinski definition) is 2. The third-order valence-electron chi connectivity index (χ3n) is 2.99. The van der Waals surface area contributed by atoms with Crippen LogP contribution >= 0.6 is 27.3 Å². The van der Waals surface area contributed by atoms with Gasteiger partial charge in [0.25, 0.3) is 0 Å². The van der Waals surface area contributed by atoms with Crippen LogP contribution in [0.25, 0.3) is 0 Å². The van der Waals surface area contributed by atoms with Gasteiger partial charge < -0.3 is 5.11 Å². The minimum Gasteiger partial charge on any atom is -0.395 e. The number of hydrogen-bond donors (Lipinski definition) is 1. The van der Waals surface area contributed by atoms with Crippen LogP contribution in [0.15, 0.2) is 10.5 Å². The van der Waals surface area contributed by atoms with Crippen molar-refractivity contribution in [1.29, 1.82) is 0 Å². The van der Waals surface area contributed by atoms with Gasteiger partial charge >= 0.3 is 0 Å². The van der Waals surface area contributed by atoms with Gasteiger partial charge in [0.2, 0.25) is 0 Å². The lowest BCUT2D eigenvalue weighted by molar-refractivity contribution is 0.123. The van der Waals surface area contributed by atoms with Crippen molar-refractivity contribution >= 4 is 27.3 Å². The highest BCUT2D eigenvalue weighted by Crippen LogP contribution is 2.47. The molecule has 0 aliphatic heterocycles. The molecule has 1 nitrogen and oxygen atoms in total. The van der Waals surface area contributed by atoms with E-state index in [0.717, 1.165) is 12.8 Å². The van der Waals surface area contributed by atoms with E-state index < -0.39 is 0 Å². The van der Waals surface area contributed by atoms with Crippen molar-refractivity contribution in [3.05, 3.63) is 20.3 Å². The molecule has 1 saturated carbocycles. The van der Waals surface area contributed by atoms with E-state index in [1.54, 1.807) is 0 Å². The molecule has 0 spiro atoms. The molecular formula is C10H13BrOS. The summed E-state index contributed by atoms with van der Waals surface area (Å²) in [7, 11) is 0. The second kappa shape index (κ2) is 3.37. The minimum atomic E-state index is 0.113. The molecule has 1 aromatic heterocycles. The predicted octanol–water partition coefficient (Wildman–Crippen LogP) is 3.23. The molecule has 0 amide bonds. The molecule has 13 heavy (non-hydrogen) atoms. The standard InChI is InChI=1S/C10H13BrOS/c1-7-8(11)5-9(13-7)10(6-12)3-2-4-10/h5,12H,2-4,6H2,1H3. The molecule has 0 radical (unpaired) electrons. The van der Waals surface area contributed by atoms with Gasteiger partial charge in [-0.25, -0.2) is 0 Å². The van der Waals surface area contributed by atoms with E-state index in [0.29, 0.717) is 6.61 Å². The van der Waals surface area contributed by atoms with Crippen molar-refractivity contribution < 1.29 is 5.11 Å². The Morgan fingerprint density at radius 1 is 1.62 bits per heavy atom. The number of aliphatic hydroxyl groups excluding tert-OH is 1. The molecular weight excluding hydrogens is 248 g/mol. The summed E-state index contributed by atoms with van der Waals surface area (Å²) in [6.07, 6.45) is 3.56. The smallest absolute Gasteiger partial charge is 0.0535 e. The van der Waals surface area contributed by atoms with E-state index in [2.05, 4.69) is 28.9 Å². The first-order chi connectivity index (χ1) is 6.18. The van der Waals surface area contributed by atoms with Gasteiger partial charge in [-0.1, -0.05) is 6.42 Å². The summed E-state index contributed by atoms with van der Waals surface area (Å²) in [5.41, 5.74) is 0.113. The number of aryl methyl sites for hydroxylation is 1. The van der Waals surface area contributed by atoms with E-state index in [1.807, 2.05) is 11.3 Å². The highest BCUT2D eigenvalue weighted by atomic mass is 79.9. The number of thiophene rings is 1. The molecule has 1 aliphatic rings. The lowest BCUT2D eigenvalue weighted by Gasteiger charge is -2.39. The molecule has 2 rings (SSSR count). The van der Waals surface area contributed by atoms with Crippen molar-refractivity contribution in [3.63, 3.8) is 0 Å². The Labute approximate surface area is 90.9 Å². The summed E-state index contributed by atoms with van der Waals surface area (Å²) in [6.45, 7) is 2.42. The fraction of sp³-hybridized carbons (Fsp3) is 0.600. The van der Waals surface area contributed by atoms with Crippen LogP contribution in [-0.2, 0) is 5.41 Å². The summed E-state index contributed by atoms with van der Waals surface area (Å²) >= 11 is 5.33. The molecule has 1 N–H and O–H groups in total. The molecule has 0 saturated heterocycles. The van der Waals surface area contributed by atoms with Crippen LogP contribution < -0.4 is 0 Å². The van der Waals surface area contributed by atoms with Gasteiger partial charge in [-0.2, -0.15) is 0 Å². The maximum atomic E-state index is 9.38. The van der Waals surface area contributed by atoms with Crippen LogP contribution in [0.5, 0.6) is 0 Å². The van der Waals surface area contributed by atoms with Crippen molar-refractivity contribution in [3.8, 4) is 0 Å². The van der Waals surface area contributed by atoms with E-state index in [1.165, 1.54) is 20.6 Å². The Morgan fingerprint density at radius 2 is 2.31 bits per heavy atom. The largest absolute Gasteiger partial charge is 0.395 e. The summed E-state index contributed by atoms with van der Waals surface area (Å²) in [5, 5.41) is 9.38. The maximum Gasteiger partial charge on any atom is 0.0535 e. The van der Waals surface area contributed by atoms with Gasteiger partial charge in [-0.3, -0.25) is 0 Å². The predicted molar refractivity (Wildman–Crippen MR) is 59.4 cm³/mol. The molecule has 0 atom stereocenters. The van der Waals surface area contributed by atoms with Crippen molar-refractivity contribution in [2.24, 2.45) is 0 Å². The first kappa shape index (κ1) is 9.69. The van der Waals surface area contributed by atoms with E-state index in [-0.39, 0.29) is 5.41 Å². The topological polar surface area (TPSA) is 20.2 Å². The fourth-order valence-corrected chi connectivity index (χ4v) is 3.58. The highest BCUT2D eigenvalue weighted by Gasteiger charge is 2.39. The Bertz CT molecular complexity index is 290. The van der Waals surface area contributed by atoms with Gasteiger partial charge in [0.1, 0.15) is 0 Å². The molecule has 1 aliphatic carbocycles. The number of halogens is 1. The molecule has 0 unspecified atom stereocenters. The van der Waals surface area contributed by atoms with Crippen molar-refractivity contribution in [1.82, 2.24) is 0 Å². The highest BCUT2D eigenvalue weighted by molar-refractivity contribution is 9.10. The Balaban J connectivity index is 2.33. The molecule has 3 heteroatoms. The van der Waals surface area contributed by atoms with Crippen LogP contribution in [0.1, 0.15) is 29.0 Å². The summed E-state index contributed by atoms with van der Waals surface area (Å²) in [4.78, 5) is 2.67. The molecule has 1 fully saturated rings. The summed E-state index contributed by atoms with van der Waals surface area (Å²) in [5.74, 6) is 0. The van der Waals surface area contributed by atoms with E-state index >= 15 is 0 Å². The SMILES string of the molecule is Cc1sc(C2(CO)CCC2)cc1Br. The lowest BCUT2D eigenvalue weighted by Crippen LogP contribution is -2.36. The second-order valence-electron chi connectivity index (χ2n) is 3.81. The fourth-order valence-electron chi connectivity index (χ4n) is 1.81. The van der Waals surface area contributed by atoms with Crippen LogP contribution in [0, 0.1) is 6.92 Å². The zero-order chi connectivity index (χ0) is 9.47. The van der Waals surface area contributed by atoms with E-state index in [9.17, 15) is 5.11 Å². The first-order valence-electron chi connectivity index (χ1n) is 4.55.